The average Bonchev–Trinajstić information content (AvgIpc) is 2.96. The molecule has 28 heavy (non-hydrogen) atoms. The third kappa shape index (κ3) is 6.41. The SMILES string of the molecule is Cc1cc(N2CCCCCC2)nc(NC(=S)NCCCc2ccc(F)cc2)n1. The van der Waals surface area contributed by atoms with E-state index in [0.29, 0.717) is 11.1 Å². The molecule has 2 heterocycles. The Bertz CT molecular complexity index is 773. The summed E-state index contributed by atoms with van der Waals surface area (Å²) >= 11 is 5.38. The van der Waals surface area contributed by atoms with Gasteiger partial charge < -0.3 is 15.5 Å². The minimum absolute atomic E-state index is 0.204. The summed E-state index contributed by atoms with van der Waals surface area (Å²) in [6, 6.07) is 8.65. The predicted octanol–water partition coefficient (Wildman–Crippen LogP) is 4.22. The van der Waals surface area contributed by atoms with E-state index >= 15 is 0 Å². The molecule has 0 bridgehead atoms. The van der Waals surface area contributed by atoms with Gasteiger partial charge in [0.1, 0.15) is 11.6 Å². The zero-order valence-electron chi connectivity index (χ0n) is 16.4. The molecule has 1 aromatic carbocycles. The fourth-order valence-corrected chi connectivity index (χ4v) is 3.55. The van der Waals surface area contributed by atoms with Crippen molar-refractivity contribution in [3.05, 3.63) is 47.4 Å². The van der Waals surface area contributed by atoms with Gasteiger partial charge in [-0.15, -0.1) is 0 Å². The Morgan fingerprint density at radius 3 is 2.54 bits per heavy atom. The molecule has 0 unspecified atom stereocenters. The van der Waals surface area contributed by atoms with Crippen molar-refractivity contribution < 1.29 is 4.39 Å². The molecular formula is C21H28FN5S. The van der Waals surface area contributed by atoms with Gasteiger partial charge in [-0.1, -0.05) is 25.0 Å². The first-order chi connectivity index (χ1) is 13.6. The van der Waals surface area contributed by atoms with Crippen LogP contribution in [0.25, 0.3) is 0 Å². The molecule has 0 aliphatic carbocycles. The molecule has 2 aromatic rings. The van der Waals surface area contributed by atoms with E-state index in [4.69, 9.17) is 12.2 Å². The fourth-order valence-electron chi connectivity index (χ4n) is 3.36. The van der Waals surface area contributed by atoms with Gasteiger partial charge >= 0.3 is 0 Å². The normalized spacial score (nSPS) is 14.4. The van der Waals surface area contributed by atoms with Gasteiger partial charge in [0, 0.05) is 31.4 Å². The number of nitrogens with zero attached hydrogens (tertiary/aromatic N) is 3. The number of thiocarbonyl (C=S) groups is 1. The third-order valence-electron chi connectivity index (χ3n) is 4.84. The number of anilines is 2. The van der Waals surface area contributed by atoms with Gasteiger partial charge in [-0.3, -0.25) is 0 Å². The van der Waals surface area contributed by atoms with Gasteiger partial charge in [-0.25, -0.2) is 9.37 Å². The molecule has 0 radical (unpaired) electrons. The first-order valence-corrected chi connectivity index (χ1v) is 10.4. The first kappa shape index (κ1) is 20.5. The molecule has 1 aliphatic heterocycles. The van der Waals surface area contributed by atoms with Crippen LogP contribution in [0.15, 0.2) is 30.3 Å². The maximum Gasteiger partial charge on any atom is 0.231 e. The van der Waals surface area contributed by atoms with E-state index in [1.54, 1.807) is 0 Å². The fraction of sp³-hybridized carbons (Fsp3) is 0.476. The molecule has 150 valence electrons. The summed E-state index contributed by atoms with van der Waals surface area (Å²) in [4.78, 5) is 11.5. The van der Waals surface area contributed by atoms with E-state index in [1.165, 1.54) is 37.8 Å². The van der Waals surface area contributed by atoms with Crippen molar-refractivity contribution in [1.82, 2.24) is 15.3 Å². The van der Waals surface area contributed by atoms with Crippen LogP contribution in [0.1, 0.15) is 43.4 Å². The van der Waals surface area contributed by atoms with Crippen LogP contribution < -0.4 is 15.5 Å². The lowest BCUT2D eigenvalue weighted by molar-refractivity contribution is 0.626. The zero-order valence-corrected chi connectivity index (χ0v) is 17.2. The molecule has 1 saturated heterocycles. The minimum atomic E-state index is -0.204. The standard InChI is InChI=1S/C21H28FN5S/c1-16-15-19(27-13-4-2-3-5-14-27)25-20(24-16)26-21(28)23-12-6-7-17-8-10-18(22)11-9-17/h8-11,15H,2-7,12-14H2,1H3,(H2,23,24,25,26,28). The highest BCUT2D eigenvalue weighted by Gasteiger charge is 2.13. The molecule has 2 N–H and O–H groups in total. The second-order valence-electron chi connectivity index (χ2n) is 7.20. The third-order valence-corrected chi connectivity index (χ3v) is 5.08. The summed E-state index contributed by atoms with van der Waals surface area (Å²) in [5.74, 6) is 1.30. The van der Waals surface area contributed by atoms with Crippen molar-refractivity contribution in [2.75, 3.05) is 29.9 Å². The summed E-state index contributed by atoms with van der Waals surface area (Å²) in [6.07, 6.45) is 6.77. The Morgan fingerprint density at radius 1 is 1.11 bits per heavy atom. The number of hydrogen-bond acceptors (Lipinski definition) is 4. The van der Waals surface area contributed by atoms with E-state index < -0.39 is 0 Å². The molecule has 0 amide bonds. The monoisotopic (exact) mass is 401 g/mol. The van der Waals surface area contributed by atoms with Crippen LogP contribution in [0, 0.1) is 12.7 Å². The maximum absolute atomic E-state index is 12.9. The summed E-state index contributed by atoms with van der Waals surface area (Å²) in [5, 5.41) is 6.82. The van der Waals surface area contributed by atoms with Gasteiger partial charge in [-0.2, -0.15) is 4.98 Å². The van der Waals surface area contributed by atoms with Gasteiger partial charge in [-0.05, 0) is 62.5 Å². The van der Waals surface area contributed by atoms with Gasteiger partial charge in [0.2, 0.25) is 5.95 Å². The smallest absolute Gasteiger partial charge is 0.231 e. The second-order valence-corrected chi connectivity index (χ2v) is 7.61. The van der Waals surface area contributed by atoms with Gasteiger partial charge in [0.15, 0.2) is 5.11 Å². The van der Waals surface area contributed by atoms with Gasteiger partial charge in [0.25, 0.3) is 0 Å². The number of aromatic nitrogens is 2. The molecule has 1 aliphatic rings. The van der Waals surface area contributed by atoms with E-state index in [0.717, 1.165) is 49.6 Å². The number of halogens is 1. The Morgan fingerprint density at radius 2 is 1.82 bits per heavy atom. The van der Waals surface area contributed by atoms with Crippen LogP contribution in [-0.4, -0.2) is 34.7 Å². The van der Waals surface area contributed by atoms with Gasteiger partial charge in [0.05, 0.1) is 0 Å². The largest absolute Gasteiger partial charge is 0.362 e. The van der Waals surface area contributed by atoms with Crippen LogP contribution in [-0.2, 0) is 6.42 Å². The predicted molar refractivity (Wildman–Crippen MR) is 116 cm³/mol. The Balaban J connectivity index is 1.48. The summed E-state index contributed by atoms with van der Waals surface area (Å²) in [6.45, 7) is 4.80. The van der Waals surface area contributed by atoms with E-state index in [-0.39, 0.29) is 5.82 Å². The second kappa shape index (κ2) is 10.3. The number of nitrogens with one attached hydrogen (secondary N) is 2. The van der Waals surface area contributed by atoms with Crippen LogP contribution in [0.4, 0.5) is 16.2 Å². The Hall–Kier alpha value is -2.28. The molecule has 1 fully saturated rings. The molecule has 7 heteroatoms. The minimum Gasteiger partial charge on any atom is -0.362 e. The number of rotatable bonds is 6. The molecule has 1 aromatic heterocycles. The van der Waals surface area contributed by atoms with E-state index in [1.807, 2.05) is 25.1 Å². The van der Waals surface area contributed by atoms with Crippen molar-refractivity contribution in [2.45, 2.75) is 45.4 Å². The highest BCUT2D eigenvalue weighted by Crippen LogP contribution is 2.19. The number of hydrogen-bond donors (Lipinski definition) is 2. The maximum atomic E-state index is 12.9. The molecule has 5 nitrogen and oxygen atoms in total. The lowest BCUT2D eigenvalue weighted by Crippen LogP contribution is -2.31. The molecule has 0 saturated carbocycles. The van der Waals surface area contributed by atoms with E-state index in [2.05, 4.69) is 25.5 Å². The van der Waals surface area contributed by atoms with Crippen molar-refractivity contribution in [1.29, 1.82) is 0 Å². The van der Waals surface area contributed by atoms with Crippen molar-refractivity contribution in [2.24, 2.45) is 0 Å². The molecule has 3 rings (SSSR count). The summed E-state index contributed by atoms with van der Waals surface area (Å²) in [7, 11) is 0. The Kier molecular flexibility index (Phi) is 7.54. The lowest BCUT2D eigenvalue weighted by atomic mass is 10.1. The highest BCUT2D eigenvalue weighted by atomic mass is 32.1. The Labute approximate surface area is 171 Å². The van der Waals surface area contributed by atoms with E-state index in [9.17, 15) is 4.39 Å². The summed E-state index contributed by atoms with van der Waals surface area (Å²) < 4.78 is 12.9. The van der Waals surface area contributed by atoms with Crippen LogP contribution in [0.2, 0.25) is 0 Å². The van der Waals surface area contributed by atoms with Crippen LogP contribution >= 0.6 is 12.2 Å². The molecule has 0 atom stereocenters. The lowest BCUT2D eigenvalue weighted by Gasteiger charge is -2.22. The number of aryl methyl sites for hydroxylation is 2. The molecular weight excluding hydrogens is 373 g/mol. The zero-order chi connectivity index (χ0) is 19.8. The first-order valence-electron chi connectivity index (χ1n) is 10.00. The van der Waals surface area contributed by atoms with Crippen molar-refractivity contribution in [3.63, 3.8) is 0 Å². The van der Waals surface area contributed by atoms with Crippen LogP contribution in [0.5, 0.6) is 0 Å². The number of benzene rings is 1. The quantitative estimate of drug-likeness (QED) is 0.558. The van der Waals surface area contributed by atoms with Crippen molar-refractivity contribution >= 4 is 29.1 Å². The summed E-state index contributed by atoms with van der Waals surface area (Å²) in [5.41, 5.74) is 2.04. The topological polar surface area (TPSA) is 53.1 Å². The van der Waals surface area contributed by atoms with Crippen LogP contribution in [0.3, 0.4) is 0 Å². The average molecular weight is 402 g/mol. The highest BCUT2D eigenvalue weighted by molar-refractivity contribution is 7.80. The molecule has 0 spiro atoms. The van der Waals surface area contributed by atoms with Crippen molar-refractivity contribution in [3.8, 4) is 0 Å².